The Kier molecular flexibility index (Phi) is 5.21. The summed E-state index contributed by atoms with van der Waals surface area (Å²) in [4.78, 5) is 24.9. The zero-order valence-corrected chi connectivity index (χ0v) is 15.5. The Bertz CT molecular complexity index is 969. The first-order valence-corrected chi connectivity index (χ1v) is 8.97. The predicted octanol–water partition coefficient (Wildman–Crippen LogP) is 4.88. The molecule has 0 aliphatic heterocycles. The summed E-state index contributed by atoms with van der Waals surface area (Å²) >= 11 is 0. The van der Waals surface area contributed by atoms with Crippen molar-refractivity contribution in [1.82, 2.24) is 4.57 Å². The number of aromatic nitrogens is 1. The molecular weight excluding hydrogens is 324 g/mol. The monoisotopic (exact) mass is 348 g/mol. The van der Waals surface area contributed by atoms with E-state index in [-0.39, 0.29) is 18.2 Å². The van der Waals surface area contributed by atoms with Gasteiger partial charge in [0, 0.05) is 34.8 Å². The van der Waals surface area contributed by atoms with Gasteiger partial charge >= 0.3 is 0 Å². The first-order chi connectivity index (χ1) is 12.5. The summed E-state index contributed by atoms with van der Waals surface area (Å²) in [5, 5.41) is 3.85. The molecule has 1 heterocycles. The summed E-state index contributed by atoms with van der Waals surface area (Å²) in [5.41, 5.74) is 4.72. The minimum Gasteiger partial charge on any atom is -0.337 e. The third kappa shape index (κ3) is 3.69. The van der Waals surface area contributed by atoms with E-state index in [0.29, 0.717) is 12.0 Å². The van der Waals surface area contributed by atoms with E-state index in [2.05, 4.69) is 5.32 Å². The Morgan fingerprint density at radius 1 is 1.04 bits per heavy atom. The quantitative estimate of drug-likeness (QED) is 0.646. The van der Waals surface area contributed by atoms with Gasteiger partial charge in [0.1, 0.15) is 6.54 Å². The van der Waals surface area contributed by atoms with E-state index in [1.54, 1.807) is 0 Å². The van der Waals surface area contributed by atoms with Gasteiger partial charge in [-0.05, 0) is 49.6 Å². The van der Waals surface area contributed by atoms with Gasteiger partial charge in [0.2, 0.25) is 5.91 Å². The molecule has 0 spiro atoms. The van der Waals surface area contributed by atoms with E-state index in [4.69, 9.17) is 0 Å². The van der Waals surface area contributed by atoms with Gasteiger partial charge in [0.05, 0.1) is 0 Å². The molecule has 1 aromatic heterocycles. The van der Waals surface area contributed by atoms with Crippen LogP contribution in [0, 0.1) is 13.8 Å². The van der Waals surface area contributed by atoms with Gasteiger partial charge in [0.15, 0.2) is 5.78 Å². The maximum absolute atomic E-state index is 12.5. The van der Waals surface area contributed by atoms with Crippen molar-refractivity contribution in [3.05, 3.63) is 65.4 Å². The van der Waals surface area contributed by atoms with Crippen LogP contribution >= 0.6 is 0 Å². The number of fused-ring (bicyclic) bond motifs is 1. The van der Waals surface area contributed by atoms with E-state index in [1.165, 1.54) is 5.56 Å². The lowest BCUT2D eigenvalue weighted by atomic mass is 10.1. The number of benzene rings is 2. The average Bonchev–Trinajstić information content (AvgIpc) is 2.97. The highest BCUT2D eigenvalue weighted by Crippen LogP contribution is 2.23. The number of hydrogen-bond acceptors (Lipinski definition) is 2. The lowest BCUT2D eigenvalue weighted by Crippen LogP contribution is -2.18. The molecule has 134 valence electrons. The zero-order valence-electron chi connectivity index (χ0n) is 15.5. The van der Waals surface area contributed by atoms with Gasteiger partial charge in [-0.25, -0.2) is 0 Å². The molecule has 0 radical (unpaired) electrons. The van der Waals surface area contributed by atoms with Crippen molar-refractivity contribution >= 4 is 28.3 Å². The molecule has 0 bridgehead atoms. The second kappa shape index (κ2) is 7.56. The van der Waals surface area contributed by atoms with Crippen LogP contribution in [-0.4, -0.2) is 16.3 Å². The first kappa shape index (κ1) is 17.9. The van der Waals surface area contributed by atoms with E-state index < -0.39 is 0 Å². The molecule has 3 aromatic rings. The number of aryl methyl sites for hydroxylation is 2. The molecule has 1 N–H and O–H groups in total. The molecule has 26 heavy (non-hydrogen) atoms. The SMILES string of the molecule is CCCC(=O)c1cn(CC(=O)Nc2ccc(C)c(C)c2)c2ccccc12. The number of nitrogens with one attached hydrogen (secondary N) is 1. The predicted molar refractivity (Wildman–Crippen MR) is 106 cm³/mol. The van der Waals surface area contributed by atoms with Crippen LogP contribution in [0.2, 0.25) is 0 Å². The van der Waals surface area contributed by atoms with Crippen molar-refractivity contribution in [1.29, 1.82) is 0 Å². The van der Waals surface area contributed by atoms with Crippen LogP contribution in [0.3, 0.4) is 0 Å². The number of carbonyl (C=O) groups is 2. The fraction of sp³-hybridized carbons (Fsp3) is 0.273. The molecule has 0 saturated carbocycles. The van der Waals surface area contributed by atoms with Gasteiger partial charge in [-0.3, -0.25) is 9.59 Å². The lowest BCUT2D eigenvalue weighted by molar-refractivity contribution is -0.116. The Morgan fingerprint density at radius 3 is 2.54 bits per heavy atom. The minimum absolute atomic E-state index is 0.108. The third-order valence-corrected chi connectivity index (χ3v) is 4.67. The van der Waals surface area contributed by atoms with Crippen molar-refractivity contribution in [3.8, 4) is 0 Å². The third-order valence-electron chi connectivity index (χ3n) is 4.67. The normalized spacial score (nSPS) is 10.9. The zero-order chi connectivity index (χ0) is 18.7. The van der Waals surface area contributed by atoms with Crippen LogP contribution in [-0.2, 0) is 11.3 Å². The summed E-state index contributed by atoms with van der Waals surface area (Å²) in [7, 11) is 0. The fourth-order valence-electron chi connectivity index (χ4n) is 3.14. The second-order valence-corrected chi connectivity index (χ2v) is 6.71. The van der Waals surface area contributed by atoms with Crippen LogP contribution in [0.15, 0.2) is 48.7 Å². The number of nitrogens with zero attached hydrogens (tertiary/aromatic N) is 1. The van der Waals surface area contributed by atoms with Gasteiger partial charge in [-0.2, -0.15) is 0 Å². The standard InChI is InChI=1S/C22H24N2O2/c1-4-7-21(25)19-13-24(20-9-6-5-8-18(19)20)14-22(26)23-17-11-10-15(2)16(3)12-17/h5-6,8-13H,4,7,14H2,1-3H3,(H,23,26). The molecular formula is C22H24N2O2. The number of Topliss-reactive ketones (excluding diaryl/α,β-unsaturated/α-hetero) is 1. The minimum atomic E-state index is -0.108. The Balaban J connectivity index is 1.85. The van der Waals surface area contributed by atoms with Gasteiger partial charge in [-0.1, -0.05) is 31.2 Å². The fourth-order valence-corrected chi connectivity index (χ4v) is 3.14. The van der Waals surface area contributed by atoms with Crippen LogP contribution in [0.25, 0.3) is 10.9 Å². The van der Waals surface area contributed by atoms with Crippen molar-refractivity contribution in [2.75, 3.05) is 5.32 Å². The number of hydrogen-bond donors (Lipinski definition) is 1. The maximum atomic E-state index is 12.5. The van der Waals surface area contributed by atoms with Crippen LogP contribution in [0.5, 0.6) is 0 Å². The summed E-state index contributed by atoms with van der Waals surface area (Å²) in [5.74, 6) is 0.0144. The number of amides is 1. The van der Waals surface area contributed by atoms with Crippen molar-refractivity contribution in [2.24, 2.45) is 0 Å². The molecule has 3 rings (SSSR count). The van der Waals surface area contributed by atoms with Crippen LogP contribution < -0.4 is 5.32 Å². The Labute approximate surface area is 153 Å². The molecule has 0 aliphatic rings. The van der Waals surface area contributed by atoms with Crippen molar-refractivity contribution in [3.63, 3.8) is 0 Å². The van der Waals surface area contributed by atoms with E-state index in [0.717, 1.165) is 28.6 Å². The number of rotatable bonds is 6. The highest BCUT2D eigenvalue weighted by molar-refractivity contribution is 6.08. The number of ketones is 1. The molecule has 1 amide bonds. The smallest absolute Gasteiger partial charge is 0.244 e. The van der Waals surface area contributed by atoms with Crippen LogP contribution in [0.1, 0.15) is 41.3 Å². The summed E-state index contributed by atoms with van der Waals surface area (Å²) in [6, 6.07) is 13.6. The molecule has 0 aliphatic carbocycles. The number of anilines is 1. The van der Waals surface area contributed by atoms with Crippen molar-refractivity contribution < 1.29 is 9.59 Å². The molecule has 0 atom stereocenters. The van der Waals surface area contributed by atoms with E-state index in [1.807, 2.05) is 74.0 Å². The highest BCUT2D eigenvalue weighted by atomic mass is 16.2. The summed E-state index contributed by atoms with van der Waals surface area (Å²) in [6.07, 6.45) is 3.14. The number of carbonyl (C=O) groups excluding carboxylic acids is 2. The second-order valence-electron chi connectivity index (χ2n) is 6.71. The largest absolute Gasteiger partial charge is 0.337 e. The van der Waals surface area contributed by atoms with Gasteiger partial charge < -0.3 is 9.88 Å². The summed E-state index contributed by atoms with van der Waals surface area (Å²) < 4.78 is 1.86. The number of para-hydroxylation sites is 1. The average molecular weight is 348 g/mol. The van der Waals surface area contributed by atoms with Crippen LogP contribution in [0.4, 0.5) is 5.69 Å². The molecule has 0 saturated heterocycles. The van der Waals surface area contributed by atoms with E-state index in [9.17, 15) is 9.59 Å². The Morgan fingerprint density at radius 2 is 1.81 bits per heavy atom. The van der Waals surface area contributed by atoms with Gasteiger partial charge in [-0.15, -0.1) is 0 Å². The van der Waals surface area contributed by atoms with Crippen molar-refractivity contribution in [2.45, 2.75) is 40.2 Å². The molecule has 0 unspecified atom stereocenters. The van der Waals surface area contributed by atoms with E-state index >= 15 is 0 Å². The van der Waals surface area contributed by atoms with Gasteiger partial charge in [0.25, 0.3) is 0 Å². The Hall–Kier alpha value is -2.88. The first-order valence-electron chi connectivity index (χ1n) is 8.97. The molecule has 0 fully saturated rings. The highest BCUT2D eigenvalue weighted by Gasteiger charge is 2.15. The molecule has 4 heteroatoms. The summed E-state index contributed by atoms with van der Waals surface area (Å²) in [6.45, 7) is 6.23. The molecule has 4 nitrogen and oxygen atoms in total. The molecule has 2 aromatic carbocycles. The topological polar surface area (TPSA) is 51.1 Å². The lowest BCUT2D eigenvalue weighted by Gasteiger charge is -2.09. The maximum Gasteiger partial charge on any atom is 0.244 e.